The first-order chi connectivity index (χ1) is 9.97. The summed E-state index contributed by atoms with van der Waals surface area (Å²) >= 11 is 0. The lowest BCUT2D eigenvalue weighted by atomic mass is 10.0. The van der Waals surface area contributed by atoms with E-state index in [0.29, 0.717) is 12.5 Å². The number of rotatable bonds is 9. The van der Waals surface area contributed by atoms with Crippen molar-refractivity contribution in [1.82, 2.24) is 4.90 Å². The maximum Gasteiger partial charge on any atom is 0.123 e. The minimum Gasteiger partial charge on any atom is -0.496 e. The van der Waals surface area contributed by atoms with E-state index in [0.717, 1.165) is 36.5 Å². The lowest BCUT2D eigenvalue weighted by molar-refractivity contribution is 0.135. The molecule has 0 spiro atoms. The molecule has 0 amide bonds. The third kappa shape index (κ3) is 6.04. The van der Waals surface area contributed by atoms with E-state index in [1.807, 2.05) is 18.2 Å². The van der Waals surface area contributed by atoms with Crippen LogP contribution in [0.15, 0.2) is 18.2 Å². The second-order valence-corrected chi connectivity index (χ2v) is 5.87. The summed E-state index contributed by atoms with van der Waals surface area (Å²) in [6.07, 6.45) is -0.466. The number of hydrogen-bond donors (Lipinski definition) is 1. The largest absolute Gasteiger partial charge is 0.496 e. The standard InChI is InChI=1S/C17H29NO3/c1-13(2)11-18(8-9-20-4)12-16-10-15(14(3)19)6-7-17(16)21-5/h6-7,10,13-14,19H,8-9,11-12H2,1-5H3. The molecule has 1 rings (SSSR count). The third-order valence-electron chi connectivity index (χ3n) is 3.42. The van der Waals surface area contributed by atoms with Crippen molar-refractivity contribution in [3.63, 3.8) is 0 Å². The Labute approximate surface area is 128 Å². The van der Waals surface area contributed by atoms with Crippen molar-refractivity contribution >= 4 is 0 Å². The number of aliphatic hydroxyl groups is 1. The number of ether oxygens (including phenoxy) is 2. The van der Waals surface area contributed by atoms with Crippen molar-refractivity contribution in [3.05, 3.63) is 29.3 Å². The molecule has 4 nitrogen and oxygen atoms in total. The molecular weight excluding hydrogens is 266 g/mol. The summed E-state index contributed by atoms with van der Waals surface area (Å²) < 4.78 is 10.6. The predicted octanol–water partition coefficient (Wildman–Crippen LogP) is 2.85. The van der Waals surface area contributed by atoms with Gasteiger partial charge in [0.2, 0.25) is 0 Å². The van der Waals surface area contributed by atoms with Crippen molar-refractivity contribution in [2.24, 2.45) is 5.92 Å². The maximum absolute atomic E-state index is 9.76. The summed E-state index contributed by atoms with van der Waals surface area (Å²) in [7, 11) is 3.41. The van der Waals surface area contributed by atoms with Crippen LogP contribution in [-0.4, -0.2) is 43.9 Å². The van der Waals surface area contributed by atoms with Crippen LogP contribution >= 0.6 is 0 Å². The zero-order valence-electron chi connectivity index (χ0n) is 13.9. The van der Waals surface area contributed by atoms with Crippen LogP contribution in [0.5, 0.6) is 5.75 Å². The van der Waals surface area contributed by atoms with E-state index in [1.54, 1.807) is 21.1 Å². The summed E-state index contributed by atoms with van der Waals surface area (Å²) in [6, 6.07) is 5.87. The average molecular weight is 295 g/mol. The van der Waals surface area contributed by atoms with E-state index in [9.17, 15) is 5.11 Å². The predicted molar refractivity (Wildman–Crippen MR) is 85.6 cm³/mol. The summed E-state index contributed by atoms with van der Waals surface area (Å²) in [5.74, 6) is 1.46. The summed E-state index contributed by atoms with van der Waals surface area (Å²) in [4.78, 5) is 2.36. The van der Waals surface area contributed by atoms with E-state index in [2.05, 4.69) is 18.7 Å². The van der Waals surface area contributed by atoms with Crippen LogP contribution in [0.3, 0.4) is 0 Å². The number of hydrogen-bond acceptors (Lipinski definition) is 4. The monoisotopic (exact) mass is 295 g/mol. The number of nitrogens with zero attached hydrogens (tertiary/aromatic N) is 1. The Morgan fingerprint density at radius 3 is 2.43 bits per heavy atom. The van der Waals surface area contributed by atoms with Crippen LogP contribution in [0.1, 0.15) is 38.0 Å². The van der Waals surface area contributed by atoms with Gasteiger partial charge in [-0.1, -0.05) is 19.9 Å². The van der Waals surface area contributed by atoms with Gasteiger partial charge in [-0.15, -0.1) is 0 Å². The Hall–Kier alpha value is -1.10. The highest BCUT2D eigenvalue weighted by Gasteiger charge is 2.13. The summed E-state index contributed by atoms with van der Waals surface area (Å²) in [5, 5.41) is 9.76. The fourth-order valence-corrected chi connectivity index (χ4v) is 2.39. The molecule has 0 aliphatic carbocycles. The highest BCUT2D eigenvalue weighted by atomic mass is 16.5. The first-order valence-electron chi connectivity index (χ1n) is 7.54. The van der Waals surface area contributed by atoms with Gasteiger partial charge in [-0.25, -0.2) is 0 Å². The topological polar surface area (TPSA) is 41.9 Å². The van der Waals surface area contributed by atoms with Crippen LogP contribution in [-0.2, 0) is 11.3 Å². The van der Waals surface area contributed by atoms with Gasteiger partial charge in [0.15, 0.2) is 0 Å². The molecule has 1 N–H and O–H groups in total. The highest BCUT2D eigenvalue weighted by molar-refractivity contribution is 5.38. The van der Waals surface area contributed by atoms with E-state index in [-0.39, 0.29) is 0 Å². The minimum atomic E-state index is -0.466. The van der Waals surface area contributed by atoms with E-state index < -0.39 is 6.10 Å². The fraction of sp³-hybridized carbons (Fsp3) is 0.647. The van der Waals surface area contributed by atoms with Gasteiger partial charge in [0.05, 0.1) is 19.8 Å². The maximum atomic E-state index is 9.76. The van der Waals surface area contributed by atoms with Gasteiger partial charge in [-0.2, -0.15) is 0 Å². The molecule has 0 bridgehead atoms. The molecule has 0 saturated heterocycles. The quantitative estimate of drug-likeness (QED) is 0.760. The van der Waals surface area contributed by atoms with E-state index >= 15 is 0 Å². The zero-order chi connectivity index (χ0) is 15.8. The Kier molecular flexibility index (Phi) is 7.72. The number of aliphatic hydroxyl groups excluding tert-OH is 1. The molecular formula is C17H29NO3. The van der Waals surface area contributed by atoms with Crippen molar-refractivity contribution in [2.75, 3.05) is 33.9 Å². The normalized spacial score (nSPS) is 13.0. The van der Waals surface area contributed by atoms with Crippen molar-refractivity contribution < 1.29 is 14.6 Å². The molecule has 1 aromatic rings. The Morgan fingerprint density at radius 2 is 1.90 bits per heavy atom. The Morgan fingerprint density at radius 1 is 1.19 bits per heavy atom. The molecule has 1 atom stereocenters. The first kappa shape index (κ1) is 18.0. The average Bonchev–Trinajstić information content (AvgIpc) is 2.44. The molecule has 0 saturated carbocycles. The van der Waals surface area contributed by atoms with Gasteiger partial charge in [0.1, 0.15) is 5.75 Å². The molecule has 0 radical (unpaired) electrons. The molecule has 4 heteroatoms. The van der Waals surface area contributed by atoms with Gasteiger partial charge in [0, 0.05) is 32.3 Å². The van der Waals surface area contributed by atoms with Gasteiger partial charge in [0.25, 0.3) is 0 Å². The van der Waals surface area contributed by atoms with Crippen LogP contribution in [0.2, 0.25) is 0 Å². The number of methoxy groups -OCH3 is 2. The summed E-state index contributed by atoms with van der Waals surface area (Å²) in [6.45, 7) is 9.60. The van der Waals surface area contributed by atoms with Gasteiger partial charge in [-0.05, 0) is 30.5 Å². The van der Waals surface area contributed by atoms with Gasteiger partial charge >= 0.3 is 0 Å². The van der Waals surface area contributed by atoms with E-state index in [1.165, 1.54) is 0 Å². The Bertz CT molecular complexity index is 418. The second kappa shape index (κ2) is 9.03. The SMILES string of the molecule is COCCN(Cc1cc(C(C)O)ccc1OC)CC(C)C. The lowest BCUT2D eigenvalue weighted by Crippen LogP contribution is -2.30. The molecule has 1 aromatic carbocycles. The molecule has 0 aromatic heterocycles. The van der Waals surface area contributed by atoms with E-state index in [4.69, 9.17) is 9.47 Å². The molecule has 1 unspecified atom stereocenters. The van der Waals surface area contributed by atoms with Crippen LogP contribution in [0.25, 0.3) is 0 Å². The number of benzene rings is 1. The second-order valence-electron chi connectivity index (χ2n) is 5.87. The Balaban J connectivity index is 2.91. The molecule has 0 fully saturated rings. The molecule has 0 heterocycles. The van der Waals surface area contributed by atoms with Crippen molar-refractivity contribution in [1.29, 1.82) is 0 Å². The first-order valence-corrected chi connectivity index (χ1v) is 7.54. The highest BCUT2D eigenvalue weighted by Crippen LogP contribution is 2.25. The minimum absolute atomic E-state index is 0.466. The zero-order valence-corrected chi connectivity index (χ0v) is 13.9. The molecule has 0 aliphatic rings. The lowest BCUT2D eigenvalue weighted by Gasteiger charge is -2.25. The summed E-state index contributed by atoms with van der Waals surface area (Å²) in [5.41, 5.74) is 2.02. The third-order valence-corrected chi connectivity index (χ3v) is 3.42. The van der Waals surface area contributed by atoms with Gasteiger partial charge < -0.3 is 14.6 Å². The molecule has 0 aliphatic heterocycles. The van der Waals surface area contributed by atoms with Crippen molar-refractivity contribution in [3.8, 4) is 5.75 Å². The van der Waals surface area contributed by atoms with Crippen LogP contribution in [0.4, 0.5) is 0 Å². The van der Waals surface area contributed by atoms with Crippen LogP contribution in [0, 0.1) is 5.92 Å². The smallest absolute Gasteiger partial charge is 0.123 e. The van der Waals surface area contributed by atoms with Crippen molar-refractivity contribution in [2.45, 2.75) is 33.4 Å². The molecule has 21 heavy (non-hydrogen) atoms. The molecule has 120 valence electrons. The van der Waals surface area contributed by atoms with Gasteiger partial charge in [-0.3, -0.25) is 4.90 Å². The fourth-order valence-electron chi connectivity index (χ4n) is 2.39. The van der Waals surface area contributed by atoms with Crippen LogP contribution < -0.4 is 4.74 Å².